The summed E-state index contributed by atoms with van der Waals surface area (Å²) in [5.41, 5.74) is 7.50. The van der Waals surface area contributed by atoms with Gasteiger partial charge >= 0.3 is 0 Å². The fourth-order valence-electron chi connectivity index (χ4n) is 3.56. The van der Waals surface area contributed by atoms with Crippen LogP contribution in [0, 0.1) is 11.2 Å². The topological polar surface area (TPSA) is 58.4 Å². The fraction of sp³-hybridized carbons (Fsp3) is 0.632. The molecule has 1 saturated carbocycles. The highest BCUT2D eigenvalue weighted by atomic mass is 35.5. The van der Waals surface area contributed by atoms with E-state index in [0.717, 1.165) is 31.2 Å². The largest absolute Gasteiger partial charge is 0.352 e. The minimum absolute atomic E-state index is 0. The predicted molar refractivity (Wildman–Crippen MR) is 109 cm³/mol. The molecule has 1 fully saturated rings. The van der Waals surface area contributed by atoms with Crippen LogP contribution in [0.1, 0.15) is 49.7 Å². The van der Waals surface area contributed by atoms with E-state index in [0.29, 0.717) is 31.6 Å². The fourth-order valence-corrected chi connectivity index (χ4v) is 3.56. The van der Waals surface area contributed by atoms with Gasteiger partial charge in [0.15, 0.2) is 0 Å². The molecule has 7 heteroatoms. The number of carbonyl (C=O) groups excluding carboxylic acids is 1. The second kappa shape index (κ2) is 11.8. The number of nitrogens with two attached hydrogens (primary N) is 1. The van der Waals surface area contributed by atoms with Crippen LogP contribution >= 0.6 is 24.8 Å². The Bertz CT molecular complexity index is 564. The van der Waals surface area contributed by atoms with Gasteiger partial charge in [-0.25, -0.2) is 4.39 Å². The van der Waals surface area contributed by atoms with Crippen LogP contribution in [0.4, 0.5) is 4.39 Å². The molecule has 0 radical (unpaired) electrons. The number of nitrogens with one attached hydrogen (secondary N) is 1. The van der Waals surface area contributed by atoms with Gasteiger partial charge in [-0.15, -0.1) is 24.8 Å². The summed E-state index contributed by atoms with van der Waals surface area (Å²) < 4.78 is 13.8. The molecule has 0 aliphatic heterocycles. The van der Waals surface area contributed by atoms with E-state index in [1.807, 2.05) is 25.1 Å². The lowest BCUT2D eigenvalue weighted by Crippen LogP contribution is -2.38. The Balaban J connectivity index is 0.00000312. The van der Waals surface area contributed by atoms with Crippen molar-refractivity contribution in [3.8, 4) is 0 Å². The lowest BCUT2D eigenvalue weighted by Gasteiger charge is -2.35. The smallest absolute Gasteiger partial charge is 0.220 e. The maximum Gasteiger partial charge on any atom is 0.220 e. The summed E-state index contributed by atoms with van der Waals surface area (Å²) in [5.74, 6) is -0.163. The molecule has 0 spiro atoms. The SMILES string of the molecule is CN(C)Cc1cc(CNC(=O)CC2(CN)CCCCC2)ccc1F.Cl.Cl. The van der Waals surface area contributed by atoms with Crippen LogP contribution in [0.3, 0.4) is 0 Å². The summed E-state index contributed by atoms with van der Waals surface area (Å²) >= 11 is 0. The van der Waals surface area contributed by atoms with Gasteiger partial charge in [-0.05, 0) is 56.6 Å². The molecule has 1 aliphatic carbocycles. The normalized spacial score (nSPS) is 15.7. The zero-order chi connectivity index (χ0) is 17.6. The van der Waals surface area contributed by atoms with Crippen molar-refractivity contribution in [2.24, 2.45) is 11.1 Å². The van der Waals surface area contributed by atoms with E-state index in [1.165, 1.54) is 12.5 Å². The van der Waals surface area contributed by atoms with Crippen molar-refractivity contribution in [1.29, 1.82) is 0 Å². The molecule has 1 aromatic rings. The molecular formula is C19H32Cl2FN3O. The van der Waals surface area contributed by atoms with Crippen molar-refractivity contribution in [3.05, 3.63) is 35.1 Å². The number of carbonyl (C=O) groups is 1. The van der Waals surface area contributed by atoms with Gasteiger partial charge in [0.25, 0.3) is 0 Å². The third kappa shape index (κ3) is 7.39. The molecule has 1 aromatic carbocycles. The second-order valence-corrected chi connectivity index (χ2v) is 7.38. The van der Waals surface area contributed by atoms with Crippen LogP contribution in [0.2, 0.25) is 0 Å². The van der Waals surface area contributed by atoms with Gasteiger partial charge in [0.2, 0.25) is 5.91 Å². The molecule has 2 rings (SSSR count). The van der Waals surface area contributed by atoms with E-state index in [4.69, 9.17) is 5.73 Å². The highest BCUT2D eigenvalue weighted by Crippen LogP contribution is 2.38. The van der Waals surface area contributed by atoms with Crippen LogP contribution in [0.5, 0.6) is 0 Å². The van der Waals surface area contributed by atoms with Crippen LogP contribution in [-0.2, 0) is 17.9 Å². The minimum Gasteiger partial charge on any atom is -0.352 e. The summed E-state index contributed by atoms with van der Waals surface area (Å²) in [7, 11) is 3.81. The lowest BCUT2D eigenvalue weighted by molar-refractivity contribution is -0.124. The first-order chi connectivity index (χ1) is 11.4. The van der Waals surface area contributed by atoms with Crippen molar-refractivity contribution < 1.29 is 9.18 Å². The number of amides is 1. The molecule has 0 atom stereocenters. The predicted octanol–water partition coefficient (Wildman–Crippen LogP) is 3.65. The molecular weight excluding hydrogens is 376 g/mol. The molecule has 0 unspecified atom stereocenters. The van der Waals surface area contributed by atoms with Gasteiger partial charge in [0.05, 0.1) is 0 Å². The summed E-state index contributed by atoms with van der Waals surface area (Å²) in [6.45, 7) is 1.55. The molecule has 0 bridgehead atoms. The van der Waals surface area contributed by atoms with Gasteiger partial charge < -0.3 is 16.0 Å². The molecule has 150 valence electrons. The highest BCUT2D eigenvalue weighted by molar-refractivity contribution is 5.85. The number of benzene rings is 1. The van der Waals surface area contributed by atoms with E-state index in [1.54, 1.807) is 6.07 Å². The Kier molecular flexibility index (Phi) is 11.4. The van der Waals surface area contributed by atoms with Crippen molar-refractivity contribution in [2.45, 2.75) is 51.6 Å². The highest BCUT2D eigenvalue weighted by Gasteiger charge is 2.32. The Morgan fingerprint density at radius 3 is 2.46 bits per heavy atom. The Morgan fingerprint density at radius 2 is 1.88 bits per heavy atom. The van der Waals surface area contributed by atoms with E-state index in [2.05, 4.69) is 5.32 Å². The van der Waals surface area contributed by atoms with Crippen LogP contribution in [0.25, 0.3) is 0 Å². The minimum atomic E-state index is -0.205. The van der Waals surface area contributed by atoms with Crippen LogP contribution in [-0.4, -0.2) is 31.4 Å². The molecule has 3 N–H and O–H groups in total. The van der Waals surface area contributed by atoms with Gasteiger partial charge in [-0.1, -0.05) is 25.3 Å². The first kappa shape index (κ1) is 25.1. The van der Waals surface area contributed by atoms with E-state index in [-0.39, 0.29) is 42.0 Å². The summed E-state index contributed by atoms with van der Waals surface area (Å²) in [6.07, 6.45) is 6.15. The van der Waals surface area contributed by atoms with E-state index < -0.39 is 0 Å². The number of rotatable bonds is 7. The van der Waals surface area contributed by atoms with Crippen molar-refractivity contribution in [3.63, 3.8) is 0 Å². The van der Waals surface area contributed by atoms with Gasteiger partial charge in [0.1, 0.15) is 5.82 Å². The van der Waals surface area contributed by atoms with Crippen LogP contribution < -0.4 is 11.1 Å². The number of nitrogens with zero attached hydrogens (tertiary/aromatic N) is 1. The Labute approximate surface area is 168 Å². The van der Waals surface area contributed by atoms with E-state index in [9.17, 15) is 9.18 Å². The third-order valence-electron chi connectivity index (χ3n) is 4.97. The first-order valence-corrected chi connectivity index (χ1v) is 8.83. The van der Waals surface area contributed by atoms with Gasteiger partial charge in [-0.2, -0.15) is 0 Å². The van der Waals surface area contributed by atoms with Crippen LogP contribution in [0.15, 0.2) is 18.2 Å². The van der Waals surface area contributed by atoms with Crippen molar-refractivity contribution >= 4 is 30.7 Å². The first-order valence-electron chi connectivity index (χ1n) is 8.83. The van der Waals surface area contributed by atoms with E-state index >= 15 is 0 Å². The number of hydrogen-bond donors (Lipinski definition) is 2. The molecule has 0 saturated heterocycles. The van der Waals surface area contributed by atoms with Crippen molar-refractivity contribution in [2.75, 3.05) is 20.6 Å². The maximum absolute atomic E-state index is 13.8. The maximum atomic E-state index is 13.8. The third-order valence-corrected chi connectivity index (χ3v) is 4.97. The molecule has 1 amide bonds. The number of hydrogen-bond acceptors (Lipinski definition) is 3. The molecule has 26 heavy (non-hydrogen) atoms. The summed E-state index contributed by atoms with van der Waals surface area (Å²) in [5, 5.41) is 2.97. The quantitative estimate of drug-likeness (QED) is 0.724. The summed E-state index contributed by atoms with van der Waals surface area (Å²) in [6, 6.07) is 5.03. The summed E-state index contributed by atoms with van der Waals surface area (Å²) in [4.78, 5) is 14.3. The molecule has 0 heterocycles. The zero-order valence-corrected chi connectivity index (χ0v) is 17.4. The zero-order valence-electron chi connectivity index (χ0n) is 15.7. The molecule has 0 aromatic heterocycles. The average Bonchev–Trinajstić information content (AvgIpc) is 2.56. The average molecular weight is 408 g/mol. The Morgan fingerprint density at radius 1 is 1.23 bits per heavy atom. The second-order valence-electron chi connectivity index (χ2n) is 7.38. The monoisotopic (exact) mass is 407 g/mol. The van der Waals surface area contributed by atoms with Gasteiger partial charge in [-0.3, -0.25) is 4.79 Å². The molecule has 1 aliphatic rings. The molecule has 4 nitrogen and oxygen atoms in total. The Hall–Kier alpha value is -0.880. The lowest BCUT2D eigenvalue weighted by atomic mass is 9.71. The standard InChI is InChI=1S/C19H30FN3O.2ClH/c1-23(2)13-16-10-15(6-7-17(16)20)12-22-18(24)11-19(14-21)8-4-3-5-9-19;;/h6-7,10H,3-5,8-9,11-14,21H2,1-2H3,(H,22,24);2*1H. The van der Waals surface area contributed by atoms with Gasteiger partial charge in [0, 0.05) is 25.1 Å². The number of halogens is 3. The van der Waals surface area contributed by atoms with Crippen molar-refractivity contribution in [1.82, 2.24) is 10.2 Å².